The van der Waals surface area contributed by atoms with E-state index in [9.17, 15) is 18.0 Å². The topological polar surface area (TPSA) is 47.6 Å². The van der Waals surface area contributed by atoms with E-state index in [-0.39, 0.29) is 4.47 Å². The number of hydrogen-bond acceptors (Lipinski definition) is 3. The van der Waals surface area contributed by atoms with Crippen LogP contribution in [-0.4, -0.2) is 32.5 Å². The van der Waals surface area contributed by atoms with Gasteiger partial charge in [-0.05, 0) is 25.1 Å². The normalized spacial score (nSPS) is 13.3. The van der Waals surface area contributed by atoms with Crippen LogP contribution in [0.5, 0.6) is 0 Å². The summed E-state index contributed by atoms with van der Waals surface area (Å²) in [7, 11) is 2.75. The van der Waals surface area contributed by atoms with Gasteiger partial charge in [0.1, 0.15) is 0 Å². The second kappa shape index (κ2) is 7.24. The number of ether oxygens (including phenoxy) is 2. The van der Waals surface area contributed by atoms with Gasteiger partial charge in [-0.15, -0.1) is 0 Å². The maximum Gasteiger partial charge on any atom is 0.417 e. The Hall–Kier alpha value is -1.12. The Kier molecular flexibility index (Phi) is 6.18. The molecule has 0 aliphatic heterocycles. The molecule has 1 atom stereocenters. The second-order valence-corrected chi connectivity index (χ2v) is 5.21. The molecule has 1 N–H and O–H groups in total. The van der Waals surface area contributed by atoms with Crippen LogP contribution in [0.15, 0.2) is 22.7 Å². The number of nitrogens with one attached hydrogen (secondary N) is 1. The molecule has 0 aliphatic carbocycles. The van der Waals surface area contributed by atoms with E-state index in [1.807, 2.05) is 0 Å². The second-order valence-electron chi connectivity index (χ2n) is 4.29. The van der Waals surface area contributed by atoms with E-state index in [2.05, 4.69) is 21.2 Å². The maximum absolute atomic E-state index is 13.0. The quantitative estimate of drug-likeness (QED) is 0.810. The predicted molar refractivity (Wildman–Crippen MR) is 73.9 cm³/mol. The first-order chi connectivity index (χ1) is 9.70. The van der Waals surface area contributed by atoms with Crippen LogP contribution >= 0.6 is 15.9 Å². The summed E-state index contributed by atoms with van der Waals surface area (Å²) in [5, 5.41) is 2.43. The van der Waals surface area contributed by atoms with Crippen molar-refractivity contribution in [3.63, 3.8) is 0 Å². The van der Waals surface area contributed by atoms with Crippen molar-refractivity contribution in [1.82, 2.24) is 5.32 Å². The SMILES string of the molecule is COC(OC)C(C)NC(=O)c1ccc(Br)cc1C(F)(F)F. The van der Waals surface area contributed by atoms with E-state index in [1.54, 1.807) is 6.92 Å². The molecule has 1 amide bonds. The number of hydrogen-bond donors (Lipinski definition) is 1. The summed E-state index contributed by atoms with van der Waals surface area (Å²) in [5.74, 6) is -0.846. The number of rotatable bonds is 5. The van der Waals surface area contributed by atoms with Gasteiger partial charge >= 0.3 is 6.18 Å². The van der Waals surface area contributed by atoms with Gasteiger partial charge in [-0.2, -0.15) is 13.2 Å². The van der Waals surface area contributed by atoms with Gasteiger partial charge in [0.25, 0.3) is 5.91 Å². The Labute approximate surface area is 128 Å². The van der Waals surface area contributed by atoms with Gasteiger partial charge in [-0.3, -0.25) is 4.79 Å². The van der Waals surface area contributed by atoms with E-state index < -0.39 is 35.5 Å². The average Bonchev–Trinajstić information content (AvgIpc) is 2.38. The highest BCUT2D eigenvalue weighted by molar-refractivity contribution is 9.10. The van der Waals surface area contributed by atoms with Crippen molar-refractivity contribution in [2.75, 3.05) is 14.2 Å². The summed E-state index contributed by atoms with van der Waals surface area (Å²) in [4.78, 5) is 12.0. The van der Waals surface area contributed by atoms with Gasteiger partial charge in [0.2, 0.25) is 0 Å². The van der Waals surface area contributed by atoms with Gasteiger partial charge in [0.05, 0.1) is 17.2 Å². The highest BCUT2D eigenvalue weighted by Gasteiger charge is 2.35. The van der Waals surface area contributed by atoms with Crippen LogP contribution in [0.25, 0.3) is 0 Å². The van der Waals surface area contributed by atoms with E-state index in [4.69, 9.17) is 9.47 Å². The van der Waals surface area contributed by atoms with Crippen molar-refractivity contribution >= 4 is 21.8 Å². The Balaban J connectivity index is 3.03. The Morgan fingerprint density at radius 2 is 1.86 bits per heavy atom. The minimum Gasteiger partial charge on any atom is -0.354 e. The molecule has 1 aromatic carbocycles. The first kappa shape index (κ1) is 17.9. The Morgan fingerprint density at radius 1 is 1.29 bits per heavy atom. The molecule has 21 heavy (non-hydrogen) atoms. The molecule has 1 aromatic rings. The van der Waals surface area contributed by atoms with E-state index in [0.717, 1.165) is 12.1 Å². The van der Waals surface area contributed by atoms with Gasteiger partial charge in [-0.1, -0.05) is 15.9 Å². The Morgan fingerprint density at radius 3 is 2.33 bits per heavy atom. The molecular formula is C13H15BrF3NO3. The molecule has 8 heteroatoms. The molecule has 0 spiro atoms. The van der Waals surface area contributed by atoms with Crippen molar-refractivity contribution < 1.29 is 27.4 Å². The molecule has 0 fully saturated rings. The number of benzene rings is 1. The number of methoxy groups -OCH3 is 2. The molecule has 0 saturated carbocycles. The van der Waals surface area contributed by atoms with Gasteiger partial charge in [-0.25, -0.2) is 0 Å². The molecule has 0 aromatic heterocycles. The number of alkyl halides is 3. The third-order valence-electron chi connectivity index (χ3n) is 2.76. The minimum absolute atomic E-state index is 0.242. The lowest BCUT2D eigenvalue weighted by Crippen LogP contribution is -2.43. The predicted octanol–water partition coefficient (Wildman–Crippen LogP) is 3.21. The zero-order valence-corrected chi connectivity index (χ0v) is 13.2. The molecule has 1 unspecified atom stereocenters. The van der Waals surface area contributed by atoms with E-state index in [1.165, 1.54) is 20.3 Å². The molecule has 4 nitrogen and oxygen atoms in total. The zero-order valence-electron chi connectivity index (χ0n) is 11.6. The summed E-state index contributed by atoms with van der Waals surface area (Å²) in [5.41, 5.74) is -1.46. The molecule has 0 bridgehead atoms. The van der Waals surface area contributed by atoms with E-state index in [0.29, 0.717) is 0 Å². The first-order valence-electron chi connectivity index (χ1n) is 5.94. The van der Waals surface area contributed by atoms with Crippen molar-refractivity contribution in [2.45, 2.75) is 25.4 Å². The van der Waals surface area contributed by atoms with Gasteiger partial charge in [0.15, 0.2) is 6.29 Å². The highest BCUT2D eigenvalue weighted by atomic mass is 79.9. The fourth-order valence-electron chi connectivity index (χ4n) is 1.81. The van der Waals surface area contributed by atoms with Crippen molar-refractivity contribution in [1.29, 1.82) is 0 Å². The molecule has 0 saturated heterocycles. The lowest BCUT2D eigenvalue weighted by molar-refractivity contribution is -0.138. The van der Waals surface area contributed by atoms with Gasteiger partial charge in [0, 0.05) is 18.7 Å². The van der Waals surface area contributed by atoms with Crippen LogP contribution in [0, 0.1) is 0 Å². The summed E-state index contributed by atoms with van der Waals surface area (Å²) in [6.07, 6.45) is -5.37. The number of carbonyl (C=O) groups excluding carboxylic acids is 1. The minimum atomic E-state index is -4.62. The molecule has 0 heterocycles. The molecular weight excluding hydrogens is 355 g/mol. The molecule has 118 valence electrons. The molecule has 0 radical (unpaired) electrons. The van der Waals surface area contributed by atoms with Crippen LogP contribution in [0.1, 0.15) is 22.8 Å². The third-order valence-corrected chi connectivity index (χ3v) is 3.26. The summed E-state index contributed by atoms with van der Waals surface area (Å²) < 4.78 is 49.0. The smallest absolute Gasteiger partial charge is 0.354 e. The highest BCUT2D eigenvalue weighted by Crippen LogP contribution is 2.33. The summed E-state index contributed by atoms with van der Waals surface area (Å²) >= 11 is 2.96. The van der Waals surface area contributed by atoms with Crippen LogP contribution in [-0.2, 0) is 15.7 Å². The number of halogens is 4. The van der Waals surface area contributed by atoms with Crippen molar-refractivity contribution in [3.05, 3.63) is 33.8 Å². The van der Waals surface area contributed by atoms with Crippen LogP contribution in [0.2, 0.25) is 0 Å². The van der Waals surface area contributed by atoms with Gasteiger partial charge < -0.3 is 14.8 Å². The first-order valence-corrected chi connectivity index (χ1v) is 6.73. The third kappa shape index (κ3) is 4.69. The monoisotopic (exact) mass is 369 g/mol. The fourth-order valence-corrected chi connectivity index (χ4v) is 2.17. The summed E-state index contributed by atoms with van der Waals surface area (Å²) in [6, 6.07) is 2.74. The number of carbonyl (C=O) groups is 1. The average molecular weight is 370 g/mol. The van der Waals surface area contributed by atoms with Crippen LogP contribution in [0.4, 0.5) is 13.2 Å². The molecule has 0 aliphatic rings. The molecule has 1 rings (SSSR count). The Bertz CT molecular complexity index is 504. The fraction of sp³-hybridized carbons (Fsp3) is 0.462. The maximum atomic E-state index is 13.0. The standard InChI is InChI=1S/C13H15BrF3NO3/c1-7(12(20-2)21-3)18-11(19)9-5-4-8(14)6-10(9)13(15,16)17/h4-7,12H,1-3H3,(H,18,19). The van der Waals surface area contributed by atoms with Crippen LogP contribution < -0.4 is 5.32 Å². The lowest BCUT2D eigenvalue weighted by atomic mass is 10.1. The lowest BCUT2D eigenvalue weighted by Gasteiger charge is -2.23. The van der Waals surface area contributed by atoms with Crippen LogP contribution in [0.3, 0.4) is 0 Å². The summed E-state index contributed by atoms with van der Waals surface area (Å²) in [6.45, 7) is 1.57. The van der Waals surface area contributed by atoms with Crippen molar-refractivity contribution in [3.8, 4) is 0 Å². The largest absolute Gasteiger partial charge is 0.417 e. The number of amides is 1. The zero-order chi connectivity index (χ0) is 16.2. The van der Waals surface area contributed by atoms with Crippen molar-refractivity contribution in [2.24, 2.45) is 0 Å². The van der Waals surface area contributed by atoms with E-state index >= 15 is 0 Å².